The topological polar surface area (TPSA) is 82.2 Å². The molecule has 0 unspecified atom stereocenters. The molecule has 3 heterocycles. The highest BCUT2D eigenvalue weighted by molar-refractivity contribution is 7.12. The van der Waals surface area contributed by atoms with Crippen LogP contribution in [0, 0.1) is 5.92 Å². The van der Waals surface area contributed by atoms with E-state index in [0.29, 0.717) is 30.1 Å². The Hall–Kier alpha value is -2.00. The fourth-order valence-corrected chi connectivity index (χ4v) is 3.64. The first-order valence-electron chi connectivity index (χ1n) is 8.16. The van der Waals surface area contributed by atoms with Crippen LogP contribution in [0.2, 0.25) is 0 Å². The van der Waals surface area contributed by atoms with Gasteiger partial charge in [0.05, 0.1) is 6.61 Å². The van der Waals surface area contributed by atoms with Crippen molar-refractivity contribution in [3.63, 3.8) is 0 Å². The predicted octanol–water partition coefficient (Wildman–Crippen LogP) is 0.518. The molecule has 24 heavy (non-hydrogen) atoms. The largest absolute Gasteiger partial charge is 0.381 e. The molecule has 2 aliphatic rings. The third-order valence-electron chi connectivity index (χ3n) is 4.43. The smallest absolute Gasteiger partial charge is 0.369 e. The number of hydrogen-bond donors (Lipinski definition) is 0. The molecule has 9 heteroatoms. The van der Waals surface area contributed by atoms with E-state index in [1.165, 1.54) is 16.0 Å². The molecule has 1 saturated carbocycles. The number of nitrogens with zero attached hydrogens (tertiary/aromatic N) is 5. The maximum Gasteiger partial charge on any atom is 0.369 e. The van der Waals surface area contributed by atoms with Gasteiger partial charge in [-0.05, 0) is 47.2 Å². The van der Waals surface area contributed by atoms with Gasteiger partial charge in [-0.15, -0.1) is 11.3 Å². The van der Waals surface area contributed by atoms with Crippen LogP contribution in [-0.4, -0.2) is 56.4 Å². The number of carbonyl (C=O) groups excluding carboxylic acids is 1. The highest BCUT2D eigenvalue weighted by Gasteiger charge is 2.35. The van der Waals surface area contributed by atoms with Crippen molar-refractivity contribution in [2.45, 2.75) is 31.8 Å². The van der Waals surface area contributed by atoms with Crippen molar-refractivity contribution < 1.29 is 9.53 Å². The molecule has 0 spiro atoms. The van der Waals surface area contributed by atoms with Crippen LogP contribution in [-0.2, 0) is 16.1 Å². The van der Waals surface area contributed by atoms with Gasteiger partial charge in [-0.2, -0.15) is 9.36 Å². The van der Waals surface area contributed by atoms with Gasteiger partial charge in [0.15, 0.2) is 0 Å². The summed E-state index contributed by atoms with van der Waals surface area (Å²) >= 11 is 1.40. The first-order chi connectivity index (χ1) is 11.7. The van der Waals surface area contributed by atoms with Crippen LogP contribution >= 0.6 is 11.3 Å². The van der Waals surface area contributed by atoms with Crippen LogP contribution < -0.4 is 5.69 Å². The number of amides is 1. The van der Waals surface area contributed by atoms with Crippen molar-refractivity contribution in [1.82, 2.24) is 24.7 Å². The average molecular weight is 349 g/mol. The fourth-order valence-electron chi connectivity index (χ4n) is 2.97. The zero-order valence-corrected chi connectivity index (χ0v) is 14.0. The van der Waals surface area contributed by atoms with Gasteiger partial charge in [0.2, 0.25) is 5.91 Å². The van der Waals surface area contributed by atoms with Crippen LogP contribution in [0.3, 0.4) is 0 Å². The lowest BCUT2D eigenvalue weighted by atomic mass is 10.1. The van der Waals surface area contributed by atoms with Gasteiger partial charge in [-0.25, -0.2) is 4.79 Å². The van der Waals surface area contributed by atoms with Crippen molar-refractivity contribution in [1.29, 1.82) is 0 Å². The highest BCUT2D eigenvalue weighted by atomic mass is 32.1. The number of carbonyl (C=O) groups is 1. The van der Waals surface area contributed by atoms with Gasteiger partial charge in [0, 0.05) is 25.1 Å². The monoisotopic (exact) mass is 349 g/mol. The molecule has 0 bridgehead atoms. The molecule has 2 aromatic heterocycles. The molecule has 1 saturated heterocycles. The Morgan fingerprint density at radius 1 is 1.38 bits per heavy atom. The van der Waals surface area contributed by atoms with E-state index in [-0.39, 0.29) is 18.1 Å². The van der Waals surface area contributed by atoms with Gasteiger partial charge in [0.25, 0.3) is 0 Å². The van der Waals surface area contributed by atoms with E-state index in [1.54, 1.807) is 6.07 Å². The molecular formula is C15H19N5O3S. The van der Waals surface area contributed by atoms with Crippen molar-refractivity contribution in [3.8, 4) is 5.00 Å². The molecule has 0 N–H and O–H groups in total. The standard InChI is InChI=1S/C15H19N5O3S/c21-13(18(12-3-4-12)8-11-5-6-23-10-11)9-19-15(22)20(17-16-19)14-2-1-7-24-14/h1-2,7,11-12H,3-6,8-10H2/t11-/m1/s1. The van der Waals surface area contributed by atoms with Gasteiger partial charge in [-0.1, -0.05) is 0 Å². The minimum atomic E-state index is -0.384. The zero-order valence-electron chi connectivity index (χ0n) is 13.2. The number of ether oxygens (including phenoxy) is 1. The molecule has 0 radical (unpaired) electrons. The van der Waals surface area contributed by atoms with Gasteiger partial charge in [0.1, 0.15) is 11.5 Å². The highest BCUT2D eigenvalue weighted by Crippen LogP contribution is 2.29. The zero-order chi connectivity index (χ0) is 16.5. The van der Waals surface area contributed by atoms with Gasteiger partial charge < -0.3 is 9.64 Å². The average Bonchev–Trinajstić information content (AvgIpc) is 2.97. The molecule has 1 aliphatic heterocycles. The van der Waals surface area contributed by atoms with Crippen LogP contribution in [0.4, 0.5) is 0 Å². The molecule has 2 aromatic rings. The Bertz CT molecular complexity index is 758. The summed E-state index contributed by atoms with van der Waals surface area (Å²) in [6, 6.07) is 3.94. The molecule has 1 amide bonds. The van der Waals surface area contributed by atoms with Gasteiger partial charge >= 0.3 is 5.69 Å². The number of thiophene rings is 1. The van der Waals surface area contributed by atoms with Crippen molar-refractivity contribution in [3.05, 3.63) is 28.0 Å². The van der Waals surface area contributed by atoms with Crippen LogP contribution in [0.25, 0.3) is 5.00 Å². The SMILES string of the molecule is O=C(Cn1nnn(-c2cccs2)c1=O)N(C[C@H]1CCOC1)C1CC1. The van der Waals surface area contributed by atoms with E-state index in [1.807, 2.05) is 16.3 Å². The van der Waals surface area contributed by atoms with E-state index >= 15 is 0 Å². The predicted molar refractivity (Wildman–Crippen MR) is 87.2 cm³/mol. The van der Waals surface area contributed by atoms with Crippen LogP contribution in [0.15, 0.2) is 22.3 Å². The van der Waals surface area contributed by atoms with Crippen LogP contribution in [0.5, 0.6) is 0 Å². The lowest BCUT2D eigenvalue weighted by molar-refractivity contribution is -0.133. The Labute approximate surface area is 142 Å². The number of rotatable bonds is 6. The van der Waals surface area contributed by atoms with Crippen molar-refractivity contribution in [2.24, 2.45) is 5.92 Å². The lowest BCUT2D eigenvalue weighted by Gasteiger charge is -2.24. The molecule has 0 aromatic carbocycles. The number of hydrogen-bond acceptors (Lipinski definition) is 6. The third-order valence-corrected chi connectivity index (χ3v) is 5.27. The van der Waals surface area contributed by atoms with Crippen molar-refractivity contribution in [2.75, 3.05) is 19.8 Å². The van der Waals surface area contributed by atoms with Crippen LogP contribution in [0.1, 0.15) is 19.3 Å². The van der Waals surface area contributed by atoms with Gasteiger partial charge in [-0.3, -0.25) is 4.79 Å². The van der Waals surface area contributed by atoms with E-state index in [0.717, 1.165) is 30.6 Å². The molecule has 4 rings (SSSR count). The number of tetrazole rings is 1. The summed E-state index contributed by atoms with van der Waals surface area (Å²) in [6.45, 7) is 2.13. The second-order valence-corrected chi connectivity index (χ2v) is 7.22. The summed E-state index contributed by atoms with van der Waals surface area (Å²) in [6.07, 6.45) is 3.07. The minimum absolute atomic E-state index is 0.0612. The Morgan fingerprint density at radius 2 is 2.25 bits per heavy atom. The first-order valence-corrected chi connectivity index (χ1v) is 9.04. The van der Waals surface area contributed by atoms with E-state index < -0.39 is 0 Å². The summed E-state index contributed by atoms with van der Waals surface area (Å²) in [5.74, 6) is 0.331. The molecule has 1 atom stereocenters. The summed E-state index contributed by atoms with van der Waals surface area (Å²) in [5.41, 5.74) is -0.384. The molecule has 1 aliphatic carbocycles. The second-order valence-electron chi connectivity index (χ2n) is 6.29. The molecule has 2 fully saturated rings. The third kappa shape index (κ3) is 3.13. The fraction of sp³-hybridized carbons (Fsp3) is 0.600. The quantitative estimate of drug-likeness (QED) is 0.759. The van der Waals surface area contributed by atoms with Crippen molar-refractivity contribution >= 4 is 17.2 Å². The van der Waals surface area contributed by atoms with E-state index in [4.69, 9.17) is 4.74 Å². The van der Waals surface area contributed by atoms with E-state index in [2.05, 4.69) is 10.4 Å². The first kappa shape index (κ1) is 15.5. The molecule has 128 valence electrons. The normalized spacial score (nSPS) is 20.4. The summed E-state index contributed by atoms with van der Waals surface area (Å²) in [7, 11) is 0. The Morgan fingerprint density at radius 3 is 2.92 bits per heavy atom. The lowest BCUT2D eigenvalue weighted by Crippen LogP contribution is -2.41. The molecular weight excluding hydrogens is 330 g/mol. The van der Waals surface area contributed by atoms with E-state index in [9.17, 15) is 9.59 Å². The Balaban J connectivity index is 1.47. The minimum Gasteiger partial charge on any atom is -0.381 e. The summed E-state index contributed by atoms with van der Waals surface area (Å²) in [5, 5.41) is 10.3. The second kappa shape index (κ2) is 6.48. The number of aromatic nitrogens is 4. The molecule has 8 nitrogen and oxygen atoms in total. The maximum absolute atomic E-state index is 12.7. The summed E-state index contributed by atoms with van der Waals surface area (Å²) in [4.78, 5) is 27.0. The Kier molecular flexibility index (Phi) is 4.19. The summed E-state index contributed by atoms with van der Waals surface area (Å²) < 4.78 is 7.77. The maximum atomic E-state index is 12.7.